The van der Waals surface area contributed by atoms with Crippen LogP contribution < -0.4 is 11.3 Å². The molecule has 1 fully saturated rings. The highest BCUT2D eigenvalue weighted by atomic mass is 35.5. The predicted molar refractivity (Wildman–Crippen MR) is 82.0 cm³/mol. The van der Waals surface area contributed by atoms with Crippen molar-refractivity contribution in [1.29, 1.82) is 0 Å². The third-order valence-corrected chi connectivity index (χ3v) is 4.91. The van der Waals surface area contributed by atoms with Gasteiger partial charge in [-0.25, -0.2) is 0 Å². The average molecular weight is 281 g/mol. The van der Waals surface area contributed by atoms with Gasteiger partial charge in [-0.3, -0.25) is 11.3 Å². The highest BCUT2D eigenvalue weighted by Crippen LogP contribution is 2.42. The predicted octanol–water partition coefficient (Wildman–Crippen LogP) is 3.93. The molecule has 19 heavy (non-hydrogen) atoms. The molecule has 2 rings (SSSR count). The van der Waals surface area contributed by atoms with Gasteiger partial charge in [-0.05, 0) is 48.3 Å². The van der Waals surface area contributed by atoms with Gasteiger partial charge in [-0.1, -0.05) is 50.4 Å². The van der Waals surface area contributed by atoms with Gasteiger partial charge in [-0.2, -0.15) is 0 Å². The van der Waals surface area contributed by atoms with Crippen LogP contribution in [0.15, 0.2) is 24.3 Å². The second-order valence-corrected chi connectivity index (χ2v) is 6.88. The van der Waals surface area contributed by atoms with Crippen LogP contribution >= 0.6 is 11.6 Å². The van der Waals surface area contributed by atoms with Gasteiger partial charge in [0.05, 0.1) is 0 Å². The molecule has 3 heteroatoms. The molecule has 2 atom stereocenters. The Morgan fingerprint density at radius 3 is 2.58 bits per heavy atom. The number of benzene rings is 1. The normalized spacial score (nSPS) is 24.1. The van der Waals surface area contributed by atoms with Crippen LogP contribution in [0.3, 0.4) is 0 Å². The Kier molecular flexibility index (Phi) is 4.88. The molecular weight excluding hydrogens is 256 g/mol. The van der Waals surface area contributed by atoms with Crippen molar-refractivity contribution in [3.63, 3.8) is 0 Å². The molecule has 2 unspecified atom stereocenters. The summed E-state index contributed by atoms with van der Waals surface area (Å²) in [5.41, 5.74) is 4.73. The summed E-state index contributed by atoms with van der Waals surface area (Å²) in [6.45, 7) is 4.76. The molecule has 0 aliphatic heterocycles. The van der Waals surface area contributed by atoms with Gasteiger partial charge in [0.1, 0.15) is 0 Å². The Bertz CT molecular complexity index is 400. The Hall–Kier alpha value is -0.570. The van der Waals surface area contributed by atoms with E-state index in [-0.39, 0.29) is 0 Å². The summed E-state index contributed by atoms with van der Waals surface area (Å²) >= 11 is 5.94. The molecule has 0 radical (unpaired) electrons. The molecule has 0 spiro atoms. The maximum atomic E-state index is 5.94. The molecule has 3 N–H and O–H groups in total. The molecule has 1 aliphatic rings. The van der Waals surface area contributed by atoms with Crippen molar-refractivity contribution >= 4 is 11.6 Å². The lowest BCUT2D eigenvalue weighted by Gasteiger charge is -2.43. The van der Waals surface area contributed by atoms with Crippen LogP contribution in [0.5, 0.6) is 0 Å². The summed E-state index contributed by atoms with van der Waals surface area (Å²) in [5.74, 6) is 6.47. The number of hydrogen-bond donors (Lipinski definition) is 2. The van der Waals surface area contributed by atoms with Gasteiger partial charge >= 0.3 is 0 Å². The van der Waals surface area contributed by atoms with Crippen molar-refractivity contribution in [3.05, 3.63) is 34.9 Å². The van der Waals surface area contributed by atoms with Crippen LogP contribution in [-0.4, -0.2) is 6.04 Å². The van der Waals surface area contributed by atoms with E-state index in [4.69, 9.17) is 17.4 Å². The molecule has 1 aromatic rings. The summed E-state index contributed by atoms with van der Waals surface area (Å²) < 4.78 is 0. The van der Waals surface area contributed by atoms with E-state index in [1.165, 1.54) is 31.2 Å². The summed E-state index contributed by atoms with van der Waals surface area (Å²) in [6, 6.07) is 8.45. The zero-order valence-corrected chi connectivity index (χ0v) is 12.7. The third kappa shape index (κ3) is 3.71. The van der Waals surface area contributed by atoms with E-state index >= 15 is 0 Å². The first-order chi connectivity index (χ1) is 9.03. The van der Waals surface area contributed by atoms with Crippen LogP contribution in [0.1, 0.15) is 45.1 Å². The highest BCUT2D eigenvalue weighted by Gasteiger charge is 2.37. The van der Waals surface area contributed by atoms with E-state index in [0.29, 0.717) is 17.4 Å². The average Bonchev–Trinajstić information content (AvgIpc) is 2.38. The quantitative estimate of drug-likeness (QED) is 0.648. The van der Waals surface area contributed by atoms with Crippen LogP contribution in [0, 0.1) is 11.3 Å². The zero-order valence-electron chi connectivity index (χ0n) is 12.0. The van der Waals surface area contributed by atoms with Crippen molar-refractivity contribution < 1.29 is 0 Å². The number of nitrogens with two attached hydrogens (primary N) is 1. The first kappa shape index (κ1) is 14.8. The third-order valence-electron chi connectivity index (χ3n) is 4.66. The van der Waals surface area contributed by atoms with Gasteiger partial charge in [0.25, 0.3) is 0 Å². The molecule has 1 aromatic carbocycles. The lowest BCUT2D eigenvalue weighted by atomic mass is 9.65. The molecule has 0 bridgehead atoms. The highest BCUT2D eigenvalue weighted by molar-refractivity contribution is 6.30. The molecule has 0 heterocycles. The van der Waals surface area contributed by atoms with E-state index in [9.17, 15) is 0 Å². The molecule has 2 nitrogen and oxygen atoms in total. The number of nitrogens with one attached hydrogen (secondary N) is 1. The molecule has 106 valence electrons. The minimum Gasteiger partial charge on any atom is -0.271 e. The molecular formula is C16H25ClN2. The van der Waals surface area contributed by atoms with Crippen LogP contribution in [0.4, 0.5) is 0 Å². The van der Waals surface area contributed by atoms with Gasteiger partial charge in [0.15, 0.2) is 0 Å². The van der Waals surface area contributed by atoms with E-state index in [1.54, 1.807) is 0 Å². The Morgan fingerprint density at radius 1 is 1.32 bits per heavy atom. The minimum atomic E-state index is 0.344. The van der Waals surface area contributed by atoms with Crippen LogP contribution in [0.2, 0.25) is 5.02 Å². The first-order valence-corrected chi connectivity index (χ1v) is 7.61. The van der Waals surface area contributed by atoms with E-state index in [0.717, 1.165) is 11.4 Å². The van der Waals surface area contributed by atoms with E-state index < -0.39 is 0 Å². The smallest absolute Gasteiger partial charge is 0.0406 e. The number of halogens is 1. The number of rotatable bonds is 4. The lowest BCUT2D eigenvalue weighted by molar-refractivity contribution is 0.0982. The summed E-state index contributed by atoms with van der Waals surface area (Å²) in [7, 11) is 0. The maximum absolute atomic E-state index is 5.94. The molecule has 1 aliphatic carbocycles. The molecule has 0 aromatic heterocycles. The van der Waals surface area contributed by atoms with Gasteiger partial charge in [0, 0.05) is 11.1 Å². The van der Waals surface area contributed by atoms with E-state index in [1.807, 2.05) is 12.1 Å². The fraction of sp³-hybridized carbons (Fsp3) is 0.625. The Morgan fingerprint density at radius 2 is 2.00 bits per heavy atom. The lowest BCUT2D eigenvalue weighted by Crippen LogP contribution is -2.48. The summed E-state index contributed by atoms with van der Waals surface area (Å²) in [6.07, 6.45) is 6.22. The van der Waals surface area contributed by atoms with Crippen molar-refractivity contribution in [2.45, 2.75) is 52.0 Å². The Labute approximate surface area is 121 Å². The second-order valence-electron chi connectivity index (χ2n) is 6.44. The number of hydrazine groups is 1. The standard InChI is InChI=1S/C16H25ClN2/c1-16(2)10-4-3-5-14(16)15(19-18)11-12-6-8-13(17)9-7-12/h6-9,14-15,19H,3-5,10-11,18H2,1-2H3. The molecule has 0 amide bonds. The fourth-order valence-corrected chi connectivity index (χ4v) is 3.58. The van der Waals surface area contributed by atoms with Gasteiger partial charge in [0.2, 0.25) is 0 Å². The summed E-state index contributed by atoms with van der Waals surface area (Å²) in [5, 5.41) is 0.791. The van der Waals surface area contributed by atoms with E-state index in [2.05, 4.69) is 31.4 Å². The molecule has 1 saturated carbocycles. The second kappa shape index (κ2) is 6.25. The van der Waals surface area contributed by atoms with Gasteiger partial charge < -0.3 is 0 Å². The zero-order chi connectivity index (χ0) is 13.9. The monoisotopic (exact) mass is 280 g/mol. The fourth-order valence-electron chi connectivity index (χ4n) is 3.46. The van der Waals surface area contributed by atoms with Gasteiger partial charge in [-0.15, -0.1) is 0 Å². The summed E-state index contributed by atoms with van der Waals surface area (Å²) in [4.78, 5) is 0. The van der Waals surface area contributed by atoms with Crippen molar-refractivity contribution in [2.24, 2.45) is 17.2 Å². The minimum absolute atomic E-state index is 0.344. The van der Waals surface area contributed by atoms with Crippen LogP contribution in [-0.2, 0) is 6.42 Å². The Balaban J connectivity index is 2.08. The maximum Gasteiger partial charge on any atom is 0.0406 e. The van der Waals surface area contributed by atoms with Crippen molar-refractivity contribution in [2.75, 3.05) is 0 Å². The van der Waals surface area contributed by atoms with Crippen LogP contribution in [0.25, 0.3) is 0 Å². The largest absolute Gasteiger partial charge is 0.271 e. The van der Waals surface area contributed by atoms with Crippen molar-refractivity contribution in [1.82, 2.24) is 5.43 Å². The van der Waals surface area contributed by atoms with Crippen molar-refractivity contribution in [3.8, 4) is 0 Å². The first-order valence-electron chi connectivity index (χ1n) is 7.23. The number of hydrogen-bond acceptors (Lipinski definition) is 2. The topological polar surface area (TPSA) is 38.0 Å². The molecule has 0 saturated heterocycles. The SMILES string of the molecule is CC1(C)CCCCC1C(Cc1ccc(Cl)cc1)NN.